The van der Waals surface area contributed by atoms with Crippen molar-refractivity contribution in [2.75, 3.05) is 4.72 Å². The van der Waals surface area contributed by atoms with Gasteiger partial charge in [0.05, 0.1) is 0 Å². The molecule has 1 aromatic heterocycles. The summed E-state index contributed by atoms with van der Waals surface area (Å²) in [6.07, 6.45) is 3.56. The Morgan fingerprint density at radius 2 is 1.84 bits per heavy atom. The van der Waals surface area contributed by atoms with Crippen molar-refractivity contribution < 1.29 is 27.8 Å². The van der Waals surface area contributed by atoms with Gasteiger partial charge in [-0.25, -0.2) is 4.39 Å². The first-order valence-corrected chi connectivity index (χ1v) is 11.6. The van der Waals surface area contributed by atoms with Crippen LogP contribution in [-0.4, -0.2) is 23.2 Å². The molecule has 8 heteroatoms. The van der Waals surface area contributed by atoms with Crippen LogP contribution >= 0.6 is 0 Å². The number of sulfonamides is 1. The molecule has 1 N–H and O–H groups in total. The molecule has 0 amide bonds. The molecule has 0 fully saturated rings. The summed E-state index contributed by atoms with van der Waals surface area (Å²) in [5, 5.41) is 4.44. The van der Waals surface area contributed by atoms with Gasteiger partial charge in [0.15, 0.2) is 0 Å². The van der Waals surface area contributed by atoms with Crippen LogP contribution in [0.4, 0.5) is 10.2 Å². The fraction of sp³-hybridized carbons (Fsp3) is 0.217. The van der Waals surface area contributed by atoms with Crippen LogP contribution in [0.2, 0.25) is 0 Å². The maximum atomic E-state index is 14.6. The number of hydrogen-bond donors (Lipinski definition) is 1. The number of hydrogen-bond acceptors (Lipinski definition) is 3. The number of rotatable bonds is 6. The van der Waals surface area contributed by atoms with Crippen LogP contribution in [0.15, 0.2) is 59.5 Å². The summed E-state index contributed by atoms with van der Waals surface area (Å²) in [7, 11) is -4.04. The predicted octanol–water partition coefficient (Wildman–Crippen LogP) is 4.78. The first-order valence-electron chi connectivity index (χ1n) is 9.58. The van der Waals surface area contributed by atoms with Gasteiger partial charge in [-0.05, 0) is 11.0 Å². The monoisotopic (exact) mass is 483 g/mol. The number of aryl methyl sites for hydroxylation is 1. The first kappa shape index (κ1) is 23.1. The molecule has 3 rings (SSSR count). The number of para-hydroxylation sites is 1. The summed E-state index contributed by atoms with van der Waals surface area (Å²) in [5.41, 5.74) is 2.14. The van der Waals surface area contributed by atoms with Crippen molar-refractivity contribution in [1.82, 2.24) is 9.78 Å². The van der Waals surface area contributed by atoms with Gasteiger partial charge in [-0.1, -0.05) is 20.8 Å². The Bertz CT molecular complexity index is 1260. The van der Waals surface area contributed by atoms with Crippen LogP contribution in [0.25, 0.3) is 11.8 Å². The summed E-state index contributed by atoms with van der Waals surface area (Å²) in [6, 6.07) is 13.0. The van der Waals surface area contributed by atoms with Crippen LogP contribution in [-0.2, 0) is 30.5 Å². The Balaban J connectivity index is 2.03. The zero-order valence-corrected chi connectivity index (χ0v) is 19.5. The summed E-state index contributed by atoms with van der Waals surface area (Å²) in [4.78, 5) is 1.38. The van der Waals surface area contributed by atoms with Gasteiger partial charge in [-0.15, -0.1) is 0 Å². The van der Waals surface area contributed by atoms with Crippen molar-refractivity contribution in [2.24, 2.45) is 0 Å². The summed E-state index contributed by atoms with van der Waals surface area (Å²) in [5.74, 6) is -0.305. The molecule has 0 atom stereocenters. The van der Waals surface area contributed by atoms with Crippen LogP contribution in [0, 0.1) is 12.7 Å². The third kappa shape index (κ3) is 5.20. The van der Waals surface area contributed by atoms with Gasteiger partial charge >= 0.3 is 154 Å². The number of allylic oxidation sites excluding steroid dienone is 1. The van der Waals surface area contributed by atoms with E-state index in [0.29, 0.717) is 16.9 Å². The fourth-order valence-electron chi connectivity index (χ4n) is 3.18. The second kappa shape index (κ2) is 8.89. The number of halogens is 1. The average Bonchev–Trinajstić information content (AvgIpc) is 3.04. The molecule has 166 valence electrons. The first-order chi connectivity index (χ1) is 14.5. The van der Waals surface area contributed by atoms with E-state index in [0.717, 1.165) is 11.6 Å². The second-order valence-electron chi connectivity index (χ2n) is 8.10. The standard InChI is InChI=1S/C23H24FN3O2S.Ni/c1-6-9-17-10-7-8-11-21(17)27-22(14-16(2)25-27)26-30(28,29)18-12-13-19(20(24)15-18)23(3,4)5;/h1,6-15,26H,2-5H3;/b9-6-;. The van der Waals surface area contributed by atoms with E-state index in [1.165, 1.54) is 21.8 Å². The van der Waals surface area contributed by atoms with E-state index in [9.17, 15) is 12.8 Å². The third-order valence-corrected chi connectivity index (χ3v) is 6.17. The molecule has 0 saturated heterocycles. The Hall–Kier alpha value is -2.57. The van der Waals surface area contributed by atoms with Crippen LogP contribution < -0.4 is 4.72 Å². The van der Waals surface area contributed by atoms with E-state index in [-0.39, 0.29) is 10.7 Å². The number of nitrogens with one attached hydrogen (secondary N) is 1. The van der Waals surface area contributed by atoms with Gasteiger partial charge in [0.2, 0.25) is 0 Å². The molecule has 1 heterocycles. The molecular weight excluding hydrogens is 460 g/mol. The van der Waals surface area contributed by atoms with E-state index >= 15 is 0 Å². The van der Waals surface area contributed by atoms with Gasteiger partial charge in [0, 0.05) is 0 Å². The molecule has 3 aromatic rings. The molecule has 0 aliphatic heterocycles. The molecule has 0 unspecified atom stereocenters. The number of nitrogens with zero attached hydrogens (tertiary/aromatic N) is 2. The molecule has 0 spiro atoms. The predicted molar refractivity (Wildman–Crippen MR) is 119 cm³/mol. The topological polar surface area (TPSA) is 64.0 Å². The van der Waals surface area contributed by atoms with Crippen molar-refractivity contribution in [2.45, 2.75) is 38.0 Å². The van der Waals surface area contributed by atoms with Crippen molar-refractivity contribution in [3.8, 4) is 5.69 Å². The Labute approximate surface area is 190 Å². The van der Waals surface area contributed by atoms with E-state index in [2.05, 4.69) is 24.9 Å². The van der Waals surface area contributed by atoms with E-state index < -0.39 is 21.3 Å². The van der Waals surface area contributed by atoms with Gasteiger partial charge in [-0.2, -0.15) is 0 Å². The van der Waals surface area contributed by atoms with E-state index in [1.54, 1.807) is 19.1 Å². The molecule has 0 aliphatic rings. The van der Waals surface area contributed by atoms with Gasteiger partial charge < -0.3 is 0 Å². The Kier molecular flexibility index (Phi) is 6.63. The van der Waals surface area contributed by atoms with Crippen molar-refractivity contribution in [3.05, 3.63) is 77.2 Å². The normalized spacial score (nSPS) is 12.4. The van der Waals surface area contributed by atoms with Crippen LogP contribution in [0.1, 0.15) is 37.6 Å². The molecule has 2 aromatic carbocycles. The number of aromatic nitrogens is 2. The Morgan fingerprint density at radius 1 is 1.13 bits per heavy atom. The van der Waals surface area contributed by atoms with Crippen molar-refractivity contribution in [1.29, 1.82) is 0 Å². The molecule has 0 radical (unpaired) electrons. The van der Waals surface area contributed by atoms with Crippen LogP contribution in [0.3, 0.4) is 0 Å². The zero-order valence-electron chi connectivity index (χ0n) is 17.7. The van der Waals surface area contributed by atoms with Gasteiger partial charge in [0.1, 0.15) is 0 Å². The third-order valence-electron chi connectivity index (χ3n) is 4.63. The maximum absolute atomic E-state index is 14.6. The SMILES string of the molecule is Cc1cc(NS(=O)(=O)c2ccc(C(C)(C)C)c(F)c2)n(-c2ccccc2/C=C\[CH]=[Ni])n1. The van der Waals surface area contributed by atoms with E-state index in [4.69, 9.17) is 0 Å². The minimum absolute atomic E-state index is 0.154. The average molecular weight is 484 g/mol. The molecule has 31 heavy (non-hydrogen) atoms. The molecular formula is C23H24FN3NiO2S. The van der Waals surface area contributed by atoms with Crippen LogP contribution in [0.5, 0.6) is 0 Å². The summed E-state index contributed by atoms with van der Waals surface area (Å²) in [6.45, 7) is 7.38. The van der Waals surface area contributed by atoms with E-state index in [1.807, 2.05) is 51.1 Å². The summed E-state index contributed by atoms with van der Waals surface area (Å²) >= 11 is 4.56. The molecule has 5 nitrogen and oxygen atoms in total. The quantitative estimate of drug-likeness (QED) is 0.513. The molecule has 0 aliphatic carbocycles. The number of benzene rings is 2. The molecule has 0 saturated carbocycles. The van der Waals surface area contributed by atoms with Gasteiger partial charge in [-0.3, -0.25) is 0 Å². The zero-order chi connectivity index (χ0) is 22.8. The summed E-state index contributed by atoms with van der Waals surface area (Å²) < 4.78 is 44.7. The second-order valence-corrected chi connectivity index (χ2v) is 10.1. The number of anilines is 1. The Morgan fingerprint density at radius 3 is 2.48 bits per heavy atom. The van der Waals surface area contributed by atoms with Crippen molar-refractivity contribution >= 4 is 26.9 Å². The molecule has 0 bridgehead atoms. The minimum atomic E-state index is -4.04. The fourth-order valence-corrected chi connectivity index (χ4v) is 4.32. The van der Waals surface area contributed by atoms with Gasteiger partial charge in [0.25, 0.3) is 0 Å². The van der Waals surface area contributed by atoms with Crippen molar-refractivity contribution in [3.63, 3.8) is 0 Å².